The van der Waals surface area contributed by atoms with Gasteiger partial charge < -0.3 is 10.1 Å². The van der Waals surface area contributed by atoms with Crippen LogP contribution >= 0.6 is 0 Å². The summed E-state index contributed by atoms with van der Waals surface area (Å²) < 4.78 is 0. The monoisotopic (exact) mass is 283 g/mol. The molecule has 1 aliphatic carbocycles. The van der Waals surface area contributed by atoms with Gasteiger partial charge in [-0.1, -0.05) is 18.2 Å². The highest BCUT2D eigenvalue weighted by molar-refractivity contribution is 6.12. The number of ketones is 1. The van der Waals surface area contributed by atoms with Gasteiger partial charge in [-0.15, -0.1) is 0 Å². The lowest BCUT2D eigenvalue weighted by molar-refractivity contribution is 0.0690. The standard InChI is InChI=1S/C17H17NO3/c1-9-14(10(2)18-15(9)17(20)21)16(19)13-5-3-4-12(8-13)11-6-7-11/h3-5,8,11,18H,6-7H2,1-2H3,(H,20,21). The van der Waals surface area contributed by atoms with Crippen molar-refractivity contribution in [1.29, 1.82) is 0 Å². The Labute approximate surface area is 122 Å². The molecule has 1 aromatic carbocycles. The van der Waals surface area contributed by atoms with Crippen molar-refractivity contribution >= 4 is 11.8 Å². The quantitative estimate of drug-likeness (QED) is 0.844. The Morgan fingerprint density at radius 1 is 1.24 bits per heavy atom. The molecule has 1 fully saturated rings. The second kappa shape index (κ2) is 4.88. The molecule has 1 heterocycles. The predicted octanol–water partition coefficient (Wildman–Crippen LogP) is 3.44. The fourth-order valence-corrected chi connectivity index (χ4v) is 2.80. The van der Waals surface area contributed by atoms with E-state index in [1.165, 1.54) is 18.4 Å². The molecule has 0 saturated heterocycles. The maximum Gasteiger partial charge on any atom is 0.352 e. The molecule has 2 aromatic rings. The molecule has 0 bridgehead atoms. The number of aromatic nitrogens is 1. The molecule has 1 aliphatic rings. The van der Waals surface area contributed by atoms with Crippen LogP contribution in [-0.4, -0.2) is 21.8 Å². The van der Waals surface area contributed by atoms with Crippen molar-refractivity contribution in [3.8, 4) is 0 Å². The van der Waals surface area contributed by atoms with Gasteiger partial charge in [0, 0.05) is 16.8 Å². The van der Waals surface area contributed by atoms with E-state index < -0.39 is 5.97 Å². The largest absolute Gasteiger partial charge is 0.477 e. The minimum absolute atomic E-state index is 0.0918. The highest BCUT2D eigenvalue weighted by Gasteiger charge is 2.26. The third-order valence-electron chi connectivity index (χ3n) is 4.08. The summed E-state index contributed by atoms with van der Waals surface area (Å²) >= 11 is 0. The van der Waals surface area contributed by atoms with Crippen LogP contribution in [0.1, 0.15) is 62.0 Å². The van der Waals surface area contributed by atoms with Crippen molar-refractivity contribution in [3.05, 3.63) is 57.9 Å². The number of rotatable bonds is 4. The topological polar surface area (TPSA) is 70.2 Å². The van der Waals surface area contributed by atoms with Crippen LogP contribution in [0.25, 0.3) is 0 Å². The zero-order chi connectivity index (χ0) is 15.1. The van der Waals surface area contributed by atoms with Crippen LogP contribution in [0.5, 0.6) is 0 Å². The maximum absolute atomic E-state index is 12.7. The van der Waals surface area contributed by atoms with E-state index in [-0.39, 0.29) is 11.5 Å². The maximum atomic E-state index is 12.7. The molecule has 0 atom stereocenters. The van der Waals surface area contributed by atoms with E-state index in [0.29, 0.717) is 28.3 Å². The first-order chi connectivity index (χ1) is 9.99. The van der Waals surface area contributed by atoms with Crippen molar-refractivity contribution < 1.29 is 14.7 Å². The Hall–Kier alpha value is -2.36. The number of aryl methyl sites for hydroxylation is 1. The summed E-state index contributed by atoms with van der Waals surface area (Å²) in [6.45, 7) is 3.41. The number of aromatic carboxylic acids is 1. The summed E-state index contributed by atoms with van der Waals surface area (Å²) in [5.41, 5.74) is 3.50. The third kappa shape index (κ3) is 2.37. The zero-order valence-electron chi connectivity index (χ0n) is 12.1. The van der Waals surface area contributed by atoms with Gasteiger partial charge >= 0.3 is 5.97 Å². The van der Waals surface area contributed by atoms with Gasteiger partial charge in [-0.2, -0.15) is 0 Å². The average molecular weight is 283 g/mol. The van der Waals surface area contributed by atoms with Crippen LogP contribution in [0.4, 0.5) is 0 Å². The van der Waals surface area contributed by atoms with Crippen molar-refractivity contribution in [3.63, 3.8) is 0 Å². The number of carboxylic acid groups (broad SMARTS) is 1. The fraction of sp³-hybridized carbons (Fsp3) is 0.294. The first-order valence-corrected chi connectivity index (χ1v) is 7.06. The Bertz CT molecular complexity index is 738. The lowest BCUT2D eigenvalue weighted by atomic mass is 9.97. The molecule has 1 saturated carbocycles. The number of carboxylic acids is 1. The molecule has 21 heavy (non-hydrogen) atoms. The van der Waals surface area contributed by atoms with Crippen molar-refractivity contribution in [2.75, 3.05) is 0 Å². The molecular formula is C17H17NO3. The third-order valence-corrected chi connectivity index (χ3v) is 4.08. The smallest absolute Gasteiger partial charge is 0.352 e. The molecule has 2 N–H and O–H groups in total. The van der Waals surface area contributed by atoms with E-state index in [2.05, 4.69) is 4.98 Å². The number of carbonyl (C=O) groups excluding carboxylic acids is 1. The molecule has 0 amide bonds. The van der Waals surface area contributed by atoms with Crippen LogP contribution in [0.15, 0.2) is 24.3 Å². The van der Waals surface area contributed by atoms with E-state index in [1.54, 1.807) is 19.9 Å². The predicted molar refractivity (Wildman–Crippen MR) is 79.1 cm³/mol. The summed E-state index contributed by atoms with van der Waals surface area (Å²) in [6, 6.07) is 7.68. The van der Waals surface area contributed by atoms with Crippen molar-refractivity contribution in [2.45, 2.75) is 32.6 Å². The minimum atomic E-state index is -1.04. The second-order valence-corrected chi connectivity index (χ2v) is 5.66. The van der Waals surface area contributed by atoms with Crippen LogP contribution in [-0.2, 0) is 0 Å². The van der Waals surface area contributed by atoms with Gasteiger partial charge in [-0.05, 0) is 49.8 Å². The summed E-state index contributed by atoms with van der Waals surface area (Å²) in [7, 11) is 0. The second-order valence-electron chi connectivity index (χ2n) is 5.66. The first-order valence-electron chi connectivity index (χ1n) is 7.06. The number of benzene rings is 1. The van der Waals surface area contributed by atoms with E-state index in [0.717, 1.165) is 0 Å². The van der Waals surface area contributed by atoms with E-state index in [1.807, 2.05) is 18.2 Å². The lowest BCUT2D eigenvalue weighted by Crippen LogP contribution is -2.05. The fourth-order valence-electron chi connectivity index (χ4n) is 2.80. The molecule has 0 radical (unpaired) electrons. The molecule has 0 unspecified atom stereocenters. The van der Waals surface area contributed by atoms with Gasteiger partial charge in [0.25, 0.3) is 0 Å². The number of H-pyrrole nitrogens is 1. The van der Waals surface area contributed by atoms with Crippen molar-refractivity contribution in [1.82, 2.24) is 4.98 Å². The normalized spacial score (nSPS) is 14.2. The van der Waals surface area contributed by atoms with Gasteiger partial charge in [-0.3, -0.25) is 4.79 Å². The average Bonchev–Trinajstić information content (AvgIpc) is 3.25. The van der Waals surface area contributed by atoms with E-state index in [9.17, 15) is 9.59 Å². The van der Waals surface area contributed by atoms with Crippen LogP contribution in [0.2, 0.25) is 0 Å². The minimum Gasteiger partial charge on any atom is -0.477 e. The Morgan fingerprint density at radius 2 is 1.95 bits per heavy atom. The molecule has 0 spiro atoms. The highest BCUT2D eigenvalue weighted by Crippen LogP contribution is 2.40. The van der Waals surface area contributed by atoms with Gasteiger partial charge in [-0.25, -0.2) is 4.79 Å². The number of nitrogens with one attached hydrogen (secondary N) is 1. The lowest BCUT2D eigenvalue weighted by Gasteiger charge is -2.05. The van der Waals surface area contributed by atoms with E-state index in [4.69, 9.17) is 5.11 Å². The SMILES string of the molecule is Cc1[nH]c(C(=O)O)c(C)c1C(=O)c1cccc(C2CC2)c1. The summed E-state index contributed by atoms with van der Waals surface area (Å²) in [5, 5.41) is 9.14. The molecule has 108 valence electrons. The number of hydrogen-bond donors (Lipinski definition) is 2. The number of carbonyl (C=O) groups is 2. The molecule has 4 nitrogen and oxygen atoms in total. The number of aromatic amines is 1. The molecule has 3 rings (SSSR count). The van der Waals surface area contributed by atoms with Gasteiger partial charge in [0.05, 0.1) is 0 Å². The zero-order valence-corrected chi connectivity index (χ0v) is 12.1. The van der Waals surface area contributed by atoms with Crippen LogP contribution in [0.3, 0.4) is 0 Å². The van der Waals surface area contributed by atoms with Gasteiger partial charge in [0.1, 0.15) is 5.69 Å². The summed E-state index contributed by atoms with van der Waals surface area (Å²) in [5.74, 6) is -0.571. The molecule has 0 aliphatic heterocycles. The summed E-state index contributed by atoms with van der Waals surface area (Å²) in [6.07, 6.45) is 2.37. The van der Waals surface area contributed by atoms with Crippen LogP contribution in [0, 0.1) is 13.8 Å². The van der Waals surface area contributed by atoms with Gasteiger partial charge in [0.15, 0.2) is 5.78 Å². The Morgan fingerprint density at radius 3 is 2.52 bits per heavy atom. The van der Waals surface area contributed by atoms with Crippen LogP contribution < -0.4 is 0 Å². The molecular weight excluding hydrogens is 266 g/mol. The highest BCUT2D eigenvalue weighted by atomic mass is 16.4. The van der Waals surface area contributed by atoms with Gasteiger partial charge in [0.2, 0.25) is 0 Å². The van der Waals surface area contributed by atoms with E-state index >= 15 is 0 Å². The van der Waals surface area contributed by atoms with Crippen molar-refractivity contribution in [2.24, 2.45) is 0 Å². The first kappa shape index (κ1) is 13.6. The number of hydrogen-bond acceptors (Lipinski definition) is 2. The Balaban J connectivity index is 2.02. The summed E-state index contributed by atoms with van der Waals surface area (Å²) in [4.78, 5) is 26.7. The molecule has 1 aromatic heterocycles. The Kier molecular flexibility index (Phi) is 3.16. The molecule has 4 heteroatoms.